The van der Waals surface area contributed by atoms with E-state index in [1.54, 1.807) is 6.08 Å². The number of thioether (sulfide) groups is 1. The number of hydrogen-bond donors (Lipinski definition) is 1. The largest absolute Gasteiger partial charge is 0.493 e. The highest BCUT2D eigenvalue weighted by molar-refractivity contribution is 8.18. The number of hydrogen-bond acceptors (Lipinski definition) is 5. The molecule has 0 radical (unpaired) electrons. The minimum absolute atomic E-state index is 0.336. The van der Waals surface area contributed by atoms with Crippen LogP contribution >= 0.6 is 11.8 Å². The lowest BCUT2D eigenvalue weighted by Gasteiger charge is -2.07. The number of pyridine rings is 1. The van der Waals surface area contributed by atoms with Crippen LogP contribution in [-0.2, 0) is 17.6 Å². The summed E-state index contributed by atoms with van der Waals surface area (Å²) in [6, 6.07) is 11.5. The first-order valence-corrected chi connectivity index (χ1v) is 8.87. The van der Waals surface area contributed by atoms with Crippen LogP contribution in [0.4, 0.5) is 4.79 Å². The van der Waals surface area contributed by atoms with Crippen molar-refractivity contribution in [2.24, 2.45) is 0 Å². The lowest BCUT2D eigenvalue weighted by atomic mass is 10.2. The Bertz CT molecular complexity index is 798. The number of aryl methyl sites for hydroxylation is 1. The number of amides is 2. The third-order valence-electron chi connectivity index (χ3n) is 3.74. The van der Waals surface area contributed by atoms with Crippen LogP contribution < -0.4 is 10.1 Å². The molecule has 0 bridgehead atoms. The Morgan fingerprint density at radius 3 is 2.56 bits per heavy atom. The summed E-state index contributed by atoms with van der Waals surface area (Å²) < 4.78 is 5.73. The van der Waals surface area contributed by atoms with Gasteiger partial charge >= 0.3 is 0 Å². The first-order valence-electron chi connectivity index (χ1n) is 8.05. The molecule has 0 unspecified atom stereocenters. The van der Waals surface area contributed by atoms with Crippen LogP contribution in [0.25, 0.3) is 6.08 Å². The van der Waals surface area contributed by atoms with Gasteiger partial charge in [0.2, 0.25) is 0 Å². The lowest BCUT2D eigenvalue weighted by Crippen LogP contribution is -2.17. The van der Waals surface area contributed by atoms with Crippen molar-refractivity contribution in [3.63, 3.8) is 0 Å². The van der Waals surface area contributed by atoms with Gasteiger partial charge in [-0.25, -0.2) is 0 Å². The Morgan fingerprint density at radius 1 is 1.16 bits per heavy atom. The number of carbonyl (C=O) groups is 2. The Hall–Kier alpha value is -2.60. The Morgan fingerprint density at radius 2 is 1.96 bits per heavy atom. The van der Waals surface area contributed by atoms with Gasteiger partial charge in [-0.05, 0) is 53.6 Å². The van der Waals surface area contributed by atoms with E-state index in [1.807, 2.05) is 36.5 Å². The third kappa shape index (κ3) is 4.70. The summed E-state index contributed by atoms with van der Waals surface area (Å²) in [5, 5.41) is 1.90. The molecule has 2 heterocycles. The van der Waals surface area contributed by atoms with Gasteiger partial charge in [0.05, 0.1) is 11.5 Å². The smallest absolute Gasteiger partial charge is 0.290 e. The fourth-order valence-corrected chi connectivity index (χ4v) is 3.00. The monoisotopic (exact) mass is 354 g/mol. The lowest BCUT2D eigenvalue weighted by molar-refractivity contribution is -0.115. The van der Waals surface area contributed by atoms with Gasteiger partial charge in [-0.1, -0.05) is 25.1 Å². The summed E-state index contributed by atoms with van der Waals surface area (Å²) in [6.45, 7) is 2.65. The van der Waals surface area contributed by atoms with Crippen molar-refractivity contribution in [3.8, 4) is 5.75 Å². The molecular formula is C19H18N2O3S. The van der Waals surface area contributed by atoms with Crippen molar-refractivity contribution < 1.29 is 14.3 Å². The van der Waals surface area contributed by atoms with Gasteiger partial charge in [0, 0.05) is 18.3 Å². The van der Waals surface area contributed by atoms with E-state index in [4.69, 9.17) is 4.74 Å². The summed E-state index contributed by atoms with van der Waals surface area (Å²) in [4.78, 5) is 27.5. The molecule has 0 atom stereocenters. The number of ether oxygens (including phenoxy) is 1. The molecule has 2 amide bonds. The maximum Gasteiger partial charge on any atom is 0.290 e. The summed E-state index contributed by atoms with van der Waals surface area (Å²) in [5.41, 5.74) is 3.08. The zero-order chi connectivity index (χ0) is 17.6. The maximum atomic E-state index is 11.5. The SMILES string of the molecule is CCc1ccc(CCOc2ccc(/C=C3/SC(=O)NC3=O)cc2)nc1. The molecule has 1 aromatic heterocycles. The van der Waals surface area contributed by atoms with Gasteiger partial charge in [0.15, 0.2) is 0 Å². The fraction of sp³-hybridized carbons (Fsp3) is 0.211. The first kappa shape index (κ1) is 17.2. The first-order chi connectivity index (χ1) is 12.1. The highest BCUT2D eigenvalue weighted by Gasteiger charge is 2.24. The maximum absolute atomic E-state index is 11.5. The highest BCUT2D eigenvalue weighted by Crippen LogP contribution is 2.26. The molecule has 1 N–H and O–H groups in total. The molecule has 2 aromatic rings. The number of nitrogens with zero attached hydrogens (tertiary/aromatic N) is 1. The molecule has 1 aliphatic heterocycles. The molecule has 1 fully saturated rings. The second-order valence-electron chi connectivity index (χ2n) is 5.53. The van der Waals surface area contributed by atoms with Crippen molar-refractivity contribution >= 4 is 29.0 Å². The number of benzene rings is 1. The van der Waals surface area contributed by atoms with Crippen LogP contribution in [0.2, 0.25) is 0 Å². The molecule has 3 rings (SSSR count). The molecule has 1 aliphatic rings. The molecule has 0 saturated carbocycles. The Balaban J connectivity index is 1.53. The van der Waals surface area contributed by atoms with Crippen LogP contribution in [0.3, 0.4) is 0 Å². The van der Waals surface area contributed by atoms with E-state index in [-0.39, 0.29) is 11.1 Å². The Labute approximate surface area is 150 Å². The summed E-state index contributed by atoms with van der Waals surface area (Å²) >= 11 is 0.910. The highest BCUT2D eigenvalue weighted by atomic mass is 32.2. The van der Waals surface area contributed by atoms with E-state index >= 15 is 0 Å². The van der Waals surface area contributed by atoms with Gasteiger partial charge < -0.3 is 4.74 Å². The second-order valence-corrected chi connectivity index (χ2v) is 6.55. The van der Waals surface area contributed by atoms with E-state index in [0.29, 0.717) is 11.5 Å². The topological polar surface area (TPSA) is 68.3 Å². The molecule has 0 aliphatic carbocycles. The molecule has 128 valence electrons. The van der Waals surface area contributed by atoms with Crippen molar-refractivity contribution in [3.05, 3.63) is 64.3 Å². The van der Waals surface area contributed by atoms with Crippen LogP contribution in [0.1, 0.15) is 23.7 Å². The number of aromatic nitrogens is 1. The fourth-order valence-electron chi connectivity index (χ4n) is 2.32. The second kappa shape index (κ2) is 7.98. The van der Waals surface area contributed by atoms with Gasteiger partial charge in [-0.3, -0.25) is 19.9 Å². The van der Waals surface area contributed by atoms with E-state index in [9.17, 15) is 9.59 Å². The normalized spacial score (nSPS) is 15.5. The number of imide groups is 1. The standard InChI is InChI=1S/C19H18N2O3S/c1-2-13-3-6-15(20-12-13)9-10-24-16-7-4-14(5-8-16)11-17-18(22)21-19(23)25-17/h3-8,11-12H,2,9-10H2,1H3,(H,21,22,23)/b17-11+. The molecule has 1 saturated heterocycles. The zero-order valence-electron chi connectivity index (χ0n) is 13.8. The van der Waals surface area contributed by atoms with E-state index < -0.39 is 0 Å². The number of carbonyl (C=O) groups excluding carboxylic acids is 2. The van der Waals surface area contributed by atoms with Crippen LogP contribution in [0.15, 0.2) is 47.5 Å². The summed E-state index contributed by atoms with van der Waals surface area (Å²) in [7, 11) is 0. The molecule has 5 nitrogen and oxygen atoms in total. The quantitative estimate of drug-likeness (QED) is 0.803. The predicted molar refractivity (Wildman–Crippen MR) is 98.4 cm³/mol. The van der Waals surface area contributed by atoms with Crippen molar-refractivity contribution in [2.75, 3.05) is 6.61 Å². The van der Waals surface area contributed by atoms with Gasteiger partial charge in [0.1, 0.15) is 5.75 Å². The Kier molecular flexibility index (Phi) is 5.50. The summed E-state index contributed by atoms with van der Waals surface area (Å²) in [6.07, 6.45) is 5.32. The molecular weight excluding hydrogens is 336 g/mol. The average molecular weight is 354 g/mol. The van der Waals surface area contributed by atoms with E-state index in [0.717, 1.165) is 41.6 Å². The third-order valence-corrected chi connectivity index (χ3v) is 4.55. The molecule has 25 heavy (non-hydrogen) atoms. The van der Waals surface area contributed by atoms with Crippen LogP contribution in [0, 0.1) is 0 Å². The van der Waals surface area contributed by atoms with Crippen molar-refractivity contribution in [1.29, 1.82) is 0 Å². The van der Waals surface area contributed by atoms with Crippen LogP contribution in [-0.4, -0.2) is 22.7 Å². The molecule has 6 heteroatoms. The predicted octanol–water partition coefficient (Wildman–Crippen LogP) is 3.59. The molecule has 0 spiro atoms. The van der Waals surface area contributed by atoms with Gasteiger partial charge in [0.25, 0.3) is 11.1 Å². The summed E-state index contributed by atoms with van der Waals surface area (Å²) in [5.74, 6) is 0.406. The zero-order valence-corrected chi connectivity index (χ0v) is 14.6. The number of rotatable bonds is 6. The average Bonchev–Trinajstić information content (AvgIpc) is 2.94. The van der Waals surface area contributed by atoms with E-state index in [1.165, 1.54) is 5.56 Å². The van der Waals surface area contributed by atoms with Crippen molar-refractivity contribution in [1.82, 2.24) is 10.3 Å². The van der Waals surface area contributed by atoms with Gasteiger partial charge in [-0.15, -0.1) is 0 Å². The number of nitrogens with one attached hydrogen (secondary N) is 1. The minimum atomic E-state index is -0.350. The van der Waals surface area contributed by atoms with Crippen LogP contribution in [0.5, 0.6) is 5.75 Å². The molecule has 1 aromatic carbocycles. The van der Waals surface area contributed by atoms with Crippen molar-refractivity contribution in [2.45, 2.75) is 19.8 Å². The van der Waals surface area contributed by atoms with Gasteiger partial charge in [-0.2, -0.15) is 0 Å². The minimum Gasteiger partial charge on any atom is -0.493 e. The van der Waals surface area contributed by atoms with E-state index in [2.05, 4.69) is 23.3 Å².